The highest BCUT2D eigenvalue weighted by molar-refractivity contribution is 5.99. The van der Waals surface area contributed by atoms with Gasteiger partial charge in [-0.2, -0.15) is 0 Å². The lowest BCUT2D eigenvalue weighted by molar-refractivity contribution is -0.123. The lowest BCUT2D eigenvalue weighted by Crippen LogP contribution is -2.28. The maximum Gasteiger partial charge on any atom is 0.229 e. The first-order valence-corrected chi connectivity index (χ1v) is 7.34. The third-order valence-corrected chi connectivity index (χ3v) is 4.62. The summed E-state index contributed by atoms with van der Waals surface area (Å²) in [4.78, 5) is 23.4. The number of rotatable bonds is 2. The minimum atomic E-state index is -0.460. The zero-order chi connectivity index (χ0) is 14.5. The Bertz CT molecular complexity index is 583. The third-order valence-electron chi connectivity index (χ3n) is 4.62. The topological polar surface area (TPSA) is 46.2 Å². The highest BCUT2D eigenvalue weighted by atomic mass is 16.2. The molecule has 2 bridgehead atoms. The number of carbonyl (C=O) groups is 2. The molecule has 0 aliphatic heterocycles. The van der Waals surface area contributed by atoms with E-state index in [1.54, 1.807) is 0 Å². The van der Waals surface area contributed by atoms with Gasteiger partial charge in [-0.1, -0.05) is 20.8 Å². The number of nitrogens with one attached hydrogen (secondary N) is 1. The SMILES string of the molecule is CC(C)(C)C(=O)Nc1cc2c(cc1C=O)C1CCC2C1. The molecular formula is C17H21NO2. The molecule has 1 amide bonds. The van der Waals surface area contributed by atoms with Crippen LogP contribution in [0.2, 0.25) is 0 Å². The van der Waals surface area contributed by atoms with Crippen molar-refractivity contribution in [3.8, 4) is 0 Å². The van der Waals surface area contributed by atoms with E-state index in [0.717, 1.165) is 6.29 Å². The molecule has 2 unspecified atom stereocenters. The monoisotopic (exact) mass is 271 g/mol. The van der Waals surface area contributed by atoms with Crippen molar-refractivity contribution in [3.63, 3.8) is 0 Å². The van der Waals surface area contributed by atoms with E-state index in [4.69, 9.17) is 0 Å². The van der Waals surface area contributed by atoms with Crippen LogP contribution < -0.4 is 5.32 Å². The Balaban J connectivity index is 1.98. The van der Waals surface area contributed by atoms with E-state index in [0.29, 0.717) is 23.1 Å². The van der Waals surface area contributed by atoms with Crippen molar-refractivity contribution in [3.05, 3.63) is 28.8 Å². The number of carbonyl (C=O) groups excluding carboxylic acids is 2. The summed E-state index contributed by atoms with van der Waals surface area (Å²) in [5.74, 6) is 1.20. The molecule has 2 atom stereocenters. The molecule has 3 heteroatoms. The molecule has 3 rings (SSSR count). The molecule has 0 radical (unpaired) electrons. The van der Waals surface area contributed by atoms with Gasteiger partial charge in [-0.25, -0.2) is 0 Å². The van der Waals surface area contributed by atoms with Gasteiger partial charge >= 0.3 is 0 Å². The van der Waals surface area contributed by atoms with Crippen LogP contribution in [0.3, 0.4) is 0 Å². The van der Waals surface area contributed by atoms with Crippen LogP contribution in [0.25, 0.3) is 0 Å². The summed E-state index contributed by atoms with van der Waals surface area (Å²) < 4.78 is 0. The van der Waals surface area contributed by atoms with Crippen molar-refractivity contribution in [1.29, 1.82) is 0 Å². The van der Waals surface area contributed by atoms with Gasteiger partial charge < -0.3 is 5.32 Å². The fourth-order valence-electron chi connectivity index (χ4n) is 3.42. The number of amides is 1. The van der Waals surface area contributed by atoms with Gasteiger partial charge in [0.25, 0.3) is 0 Å². The maximum absolute atomic E-state index is 12.1. The first-order chi connectivity index (χ1) is 9.40. The molecule has 0 spiro atoms. The van der Waals surface area contributed by atoms with E-state index in [9.17, 15) is 9.59 Å². The highest BCUT2D eigenvalue weighted by Crippen LogP contribution is 2.53. The molecule has 106 valence electrons. The normalized spacial score (nSPS) is 23.6. The molecule has 3 nitrogen and oxygen atoms in total. The molecule has 1 aromatic carbocycles. The van der Waals surface area contributed by atoms with Crippen molar-refractivity contribution >= 4 is 17.9 Å². The van der Waals surface area contributed by atoms with Crippen molar-refractivity contribution in [1.82, 2.24) is 0 Å². The van der Waals surface area contributed by atoms with E-state index in [2.05, 4.69) is 5.32 Å². The Kier molecular flexibility index (Phi) is 2.96. The van der Waals surface area contributed by atoms with Crippen molar-refractivity contribution < 1.29 is 9.59 Å². The van der Waals surface area contributed by atoms with E-state index in [1.807, 2.05) is 32.9 Å². The van der Waals surface area contributed by atoms with Gasteiger partial charge in [0.05, 0.1) is 5.69 Å². The molecule has 1 N–H and O–H groups in total. The van der Waals surface area contributed by atoms with E-state index >= 15 is 0 Å². The molecular weight excluding hydrogens is 250 g/mol. The quantitative estimate of drug-likeness (QED) is 0.830. The van der Waals surface area contributed by atoms with Crippen LogP contribution in [0, 0.1) is 5.41 Å². The average Bonchev–Trinajstić information content (AvgIpc) is 2.98. The summed E-state index contributed by atoms with van der Waals surface area (Å²) in [7, 11) is 0. The van der Waals surface area contributed by atoms with Gasteiger partial charge in [0, 0.05) is 11.0 Å². The molecule has 0 aromatic heterocycles. The minimum absolute atomic E-state index is 0.0521. The second-order valence-corrected chi connectivity index (χ2v) is 7.10. The molecule has 1 aromatic rings. The Morgan fingerprint density at radius 3 is 2.35 bits per heavy atom. The number of benzene rings is 1. The molecule has 0 saturated heterocycles. The van der Waals surface area contributed by atoms with Gasteiger partial charge in [0.1, 0.15) is 0 Å². The van der Waals surface area contributed by atoms with Gasteiger partial charge in [0.15, 0.2) is 6.29 Å². The number of hydrogen-bond donors (Lipinski definition) is 1. The van der Waals surface area contributed by atoms with Crippen LogP contribution in [0.1, 0.15) is 73.4 Å². The summed E-state index contributed by atoms with van der Waals surface area (Å²) in [6, 6.07) is 4.02. The number of aldehydes is 1. The lowest BCUT2D eigenvalue weighted by Gasteiger charge is -2.21. The summed E-state index contributed by atoms with van der Waals surface area (Å²) in [5, 5.41) is 2.92. The predicted molar refractivity (Wildman–Crippen MR) is 79.2 cm³/mol. The van der Waals surface area contributed by atoms with Crippen molar-refractivity contribution in [2.24, 2.45) is 5.41 Å². The van der Waals surface area contributed by atoms with Crippen LogP contribution in [0.5, 0.6) is 0 Å². The second kappa shape index (κ2) is 4.44. The standard InChI is InChI=1S/C17H21NO2/c1-17(2,3)16(20)18-15-8-14-11-5-4-10(6-11)13(14)7-12(15)9-19/h7-11H,4-6H2,1-3H3,(H,18,20). The largest absolute Gasteiger partial charge is 0.325 e. The van der Waals surface area contributed by atoms with Crippen molar-refractivity contribution in [2.75, 3.05) is 5.32 Å². The van der Waals surface area contributed by atoms with Crippen LogP contribution in [-0.2, 0) is 4.79 Å². The fraction of sp³-hybridized carbons (Fsp3) is 0.529. The van der Waals surface area contributed by atoms with Crippen LogP contribution >= 0.6 is 0 Å². The number of anilines is 1. The van der Waals surface area contributed by atoms with E-state index < -0.39 is 5.41 Å². The minimum Gasteiger partial charge on any atom is -0.325 e. The van der Waals surface area contributed by atoms with Crippen LogP contribution in [0.15, 0.2) is 12.1 Å². The Morgan fingerprint density at radius 2 is 1.80 bits per heavy atom. The summed E-state index contributed by atoms with van der Waals surface area (Å²) in [6.07, 6.45) is 4.54. The first-order valence-electron chi connectivity index (χ1n) is 7.34. The van der Waals surface area contributed by atoms with Gasteiger partial charge in [-0.15, -0.1) is 0 Å². The molecule has 2 aliphatic rings. The fourth-order valence-corrected chi connectivity index (χ4v) is 3.42. The molecule has 0 heterocycles. The van der Waals surface area contributed by atoms with Crippen molar-refractivity contribution in [2.45, 2.75) is 51.9 Å². The average molecular weight is 271 g/mol. The van der Waals surface area contributed by atoms with Crippen LogP contribution in [0.4, 0.5) is 5.69 Å². The zero-order valence-corrected chi connectivity index (χ0v) is 12.3. The smallest absolute Gasteiger partial charge is 0.229 e. The summed E-state index contributed by atoms with van der Waals surface area (Å²) in [5.41, 5.74) is 3.49. The van der Waals surface area contributed by atoms with Crippen LogP contribution in [-0.4, -0.2) is 12.2 Å². The van der Waals surface area contributed by atoms with E-state index in [1.165, 1.54) is 30.4 Å². The second-order valence-electron chi connectivity index (χ2n) is 7.10. The maximum atomic E-state index is 12.1. The Labute approximate surface area is 119 Å². The molecule has 2 aliphatic carbocycles. The highest BCUT2D eigenvalue weighted by Gasteiger charge is 2.37. The van der Waals surface area contributed by atoms with Gasteiger partial charge in [-0.05, 0) is 54.4 Å². The van der Waals surface area contributed by atoms with Gasteiger partial charge in [0.2, 0.25) is 5.91 Å². The Morgan fingerprint density at radius 1 is 1.20 bits per heavy atom. The number of fused-ring (bicyclic) bond motifs is 5. The summed E-state index contributed by atoms with van der Waals surface area (Å²) >= 11 is 0. The molecule has 1 fully saturated rings. The first kappa shape index (κ1) is 13.3. The third kappa shape index (κ3) is 2.05. The molecule has 1 saturated carbocycles. The zero-order valence-electron chi connectivity index (χ0n) is 12.3. The van der Waals surface area contributed by atoms with Gasteiger partial charge in [-0.3, -0.25) is 9.59 Å². The lowest BCUT2D eigenvalue weighted by atomic mass is 9.89. The number of hydrogen-bond acceptors (Lipinski definition) is 2. The van der Waals surface area contributed by atoms with E-state index in [-0.39, 0.29) is 5.91 Å². The Hall–Kier alpha value is -1.64. The summed E-state index contributed by atoms with van der Waals surface area (Å²) in [6.45, 7) is 5.62. The predicted octanol–water partition coefficient (Wildman–Crippen LogP) is 3.85. The molecule has 20 heavy (non-hydrogen) atoms.